The highest BCUT2D eigenvalue weighted by molar-refractivity contribution is 7.88. The van der Waals surface area contributed by atoms with Crippen molar-refractivity contribution in [2.24, 2.45) is 0 Å². The third-order valence-corrected chi connectivity index (χ3v) is 5.58. The molecule has 0 bridgehead atoms. The Morgan fingerprint density at radius 1 is 1.15 bits per heavy atom. The monoisotopic (exact) mass is 297 g/mol. The highest BCUT2D eigenvalue weighted by Gasteiger charge is 2.43. The van der Waals surface area contributed by atoms with E-state index in [1.807, 2.05) is 30.3 Å². The summed E-state index contributed by atoms with van der Waals surface area (Å²) in [6, 6.07) is 9.25. The molecule has 2 aliphatic heterocycles. The van der Waals surface area contributed by atoms with Gasteiger partial charge in [-0.2, -0.15) is 4.31 Å². The lowest BCUT2D eigenvalue weighted by atomic mass is 10.1. The minimum atomic E-state index is -3.33. The van der Waals surface area contributed by atoms with Gasteiger partial charge in [-0.15, -0.1) is 0 Å². The first kappa shape index (κ1) is 14.0. The van der Waals surface area contributed by atoms with Crippen molar-refractivity contribution < 1.29 is 17.9 Å². The minimum Gasteiger partial charge on any atom is -0.346 e. The Labute approximate surface area is 119 Å². The molecule has 2 heterocycles. The van der Waals surface area contributed by atoms with Crippen LogP contribution in [0.15, 0.2) is 30.3 Å². The minimum absolute atomic E-state index is 0.0317. The molecule has 0 saturated carbocycles. The zero-order valence-corrected chi connectivity index (χ0v) is 12.1. The van der Waals surface area contributed by atoms with Crippen LogP contribution < -0.4 is 0 Å². The molecule has 6 heteroatoms. The van der Waals surface area contributed by atoms with Crippen LogP contribution in [0.3, 0.4) is 0 Å². The summed E-state index contributed by atoms with van der Waals surface area (Å²) < 4.78 is 37.8. The Morgan fingerprint density at radius 3 is 2.55 bits per heavy atom. The van der Waals surface area contributed by atoms with E-state index in [4.69, 9.17) is 9.47 Å². The molecule has 0 aromatic heterocycles. The molecule has 0 amide bonds. The van der Waals surface area contributed by atoms with Crippen LogP contribution in [0.2, 0.25) is 0 Å². The lowest BCUT2D eigenvalue weighted by Gasteiger charge is -2.37. The smallest absolute Gasteiger partial charge is 0.218 e. The van der Waals surface area contributed by atoms with E-state index in [1.54, 1.807) is 0 Å². The molecule has 1 aromatic rings. The fourth-order valence-electron chi connectivity index (χ4n) is 2.80. The summed E-state index contributed by atoms with van der Waals surface area (Å²) in [5.74, 6) is -0.675. The Morgan fingerprint density at radius 2 is 1.85 bits per heavy atom. The quantitative estimate of drug-likeness (QED) is 0.845. The number of hydrogen-bond donors (Lipinski definition) is 0. The van der Waals surface area contributed by atoms with Gasteiger partial charge in [0.2, 0.25) is 10.0 Å². The molecule has 20 heavy (non-hydrogen) atoms. The van der Waals surface area contributed by atoms with Gasteiger partial charge in [0, 0.05) is 13.0 Å². The summed E-state index contributed by atoms with van der Waals surface area (Å²) in [7, 11) is -3.33. The van der Waals surface area contributed by atoms with Crippen molar-refractivity contribution >= 4 is 10.0 Å². The number of ether oxygens (including phenoxy) is 2. The first-order chi connectivity index (χ1) is 9.60. The molecule has 5 nitrogen and oxygen atoms in total. The molecule has 0 radical (unpaired) electrons. The SMILES string of the molecule is O=S(=O)(Cc1ccccc1)N1CCCC2(C1)OCCO2. The van der Waals surface area contributed by atoms with E-state index in [0.29, 0.717) is 26.3 Å². The van der Waals surface area contributed by atoms with E-state index in [9.17, 15) is 8.42 Å². The fraction of sp³-hybridized carbons (Fsp3) is 0.571. The summed E-state index contributed by atoms with van der Waals surface area (Å²) in [6.45, 7) is 1.95. The van der Waals surface area contributed by atoms with Crippen LogP contribution in [0.4, 0.5) is 0 Å². The Bertz CT molecular complexity index is 552. The molecule has 1 aromatic carbocycles. The van der Waals surface area contributed by atoms with Crippen LogP contribution in [0, 0.1) is 0 Å². The normalized spacial score (nSPS) is 23.2. The van der Waals surface area contributed by atoms with Crippen LogP contribution >= 0.6 is 0 Å². The Kier molecular flexibility index (Phi) is 3.81. The molecular formula is C14H19NO4S. The summed E-state index contributed by atoms with van der Waals surface area (Å²) in [6.07, 6.45) is 1.54. The van der Waals surface area contributed by atoms with Crippen molar-refractivity contribution in [3.05, 3.63) is 35.9 Å². The predicted molar refractivity (Wildman–Crippen MR) is 74.5 cm³/mol. The van der Waals surface area contributed by atoms with Gasteiger partial charge in [-0.3, -0.25) is 0 Å². The average Bonchev–Trinajstić information content (AvgIpc) is 2.87. The van der Waals surface area contributed by atoms with Crippen LogP contribution in [-0.4, -0.2) is 44.8 Å². The second-order valence-electron chi connectivity index (χ2n) is 5.29. The lowest BCUT2D eigenvalue weighted by Crippen LogP contribution is -2.51. The van der Waals surface area contributed by atoms with Gasteiger partial charge in [0.1, 0.15) is 0 Å². The standard InChI is InChI=1S/C14H19NO4S/c16-20(17,11-13-5-2-1-3-6-13)15-8-4-7-14(12-15)18-9-10-19-14/h1-3,5-6H,4,7-12H2. The second-order valence-corrected chi connectivity index (χ2v) is 7.26. The number of hydrogen-bond acceptors (Lipinski definition) is 4. The highest BCUT2D eigenvalue weighted by Crippen LogP contribution is 2.31. The number of sulfonamides is 1. The first-order valence-electron chi connectivity index (χ1n) is 6.89. The summed E-state index contributed by atoms with van der Waals surface area (Å²) >= 11 is 0. The number of benzene rings is 1. The van der Waals surface area contributed by atoms with Gasteiger partial charge in [0.05, 0.1) is 25.5 Å². The molecular weight excluding hydrogens is 278 g/mol. The van der Waals surface area contributed by atoms with E-state index >= 15 is 0 Å². The van der Waals surface area contributed by atoms with Crippen molar-refractivity contribution in [1.29, 1.82) is 0 Å². The van der Waals surface area contributed by atoms with Crippen LogP contribution in [-0.2, 0) is 25.2 Å². The molecule has 2 saturated heterocycles. The van der Waals surface area contributed by atoms with Crippen LogP contribution in [0.5, 0.6) is 0 Å². The number of rotatable bonds is 3. The molecule has 0 aliphatic carbocycles. The molecule has 2 aliphatic rings. The maximum Gasteiger partial charge on any atom is 0.218 e. The van der Waals surface area contributed by atoms with Crippen molar-refractivity contribution in [3.63, 3.8) is 0 Å². The summed E-state index contributed by atoms with van der Waals surface area (Å²) in [5, 5.41) is 0. The van der Waals surface area contributed by atoms with E-state index in [-0.39, 0.29) is 5.75 Å². The average molecular weight is 297 g/mol. The zero-order valence-electron chi connectivity index (χ0n) is 11.3. The third-order valence-electron chi connectivity index (χ3n) is 3.78. The van der Waals surface area contributed by atoms with Gasteiger partial charge >= 0.3 is 0 Å². The van der Waals surface area contributed by atoms with Gasteiger partial charge in [-0.05, 0) is 12.0 Å². The van der Waals surface area contributed by atoms with Gasteiger partial charge in [0.15, 0.2) is 5.79 Å². The number of piperidine rings is 1. The van der Waals surface area contributed by atoms with Crippen molar-refractivity contribution in [3.8, 4) is 0 Å². The van der Waals surface area contributed by atoms with Crippen molar-refractivity contribution in [1.82, 2.24) is 4.31 Å². The summed E-state index contributed by atoms with van der Waals surface area (Å²) in [5.41, 5.74) is 0.806. The largest absolute Gasteiger partial charge is 0.346 e. The van der Waals surface area contributed by atoms with E-state index in [2.05, 4.69) is 0 Å². The van der Waals surface area contributed by atoms with E-state index in [1.165, 1.54) is 4.31 Å². The molecule has 2 fully saturated rings. The van der Waals surface area contributed by atoms with Crippen LogP contribution in [0.1, 0.15) is 18.4 Å². The Hall–Kier alpha value is -0.950. The molecule has 1 spiro atoms. The fourth-order valence-corrected chi connectivity index (χ4v) is 4.39. The molecule has 3 rings (SSSR count). The third kappa shape index (κ3) is 2.88. The van der Waals surface area contributed by atoms with Crippen molar-refractivity contribution in [2.45, 2.75) is 24.4 Å². The molecule has 0 N–H and O–H groups in total. The van der Waals surface area contributed by atoms with Gasteiger partial charge in [-0.1, -0.05) is 30.3 Å². The highest BCUT2D eigenvalue weighted by atomic mass is 32.2. The maximum absolute atomic E-state index is 12.5. The van der Waals surface area contributed by atoms with E-state index < -0.39 is 15.8 Å². The second kappa shape index (κ2) is 5.44. The van der Waals surface area contributed by atoms with E-state index in [0.717, 1.165) is 18.4 Å². The summed E-state index contributed by atoms with van der Waals surface area (Å²) in [4.78, 5) is 0. The Balaban J connectivity index is 1.74. The lowest BCUT2D eigenvalue weighted by molar-refractivity contribution is -0.179. The topological polar surface area (TPSA) is 55.8 Å². The molecule has 0 unspecified atom stereocenters. The first-order valence-corrected chi connectivity index (χ1v) is 8.50. The van der Waals surface area contributed by atoms with Crippen LogP contribution in [0.25, 0.3) is 0 Å². The van der Waals surface area contributed by atoms with Gasteiger partial charge in [-0.25, -0.2) is 8.42 Å². The maximum atomic E-state index is 12.5. The molecule has 110 valence electrons. The zero-order chi connectivity index (χ0) is 14.1. The van der Waals surface area contributed by atoms with Crippen molar-refractivity contribution in [2.75, 3.05) is 26.3 Å². The van der Waals surface area contributed by atoms with Gasteiger partial charge < -0.3 is 9.47 Å². The van der Waals surface area contributed by atoms with Gasteiger partial charge in [0.25, 0.3) is 0 Å². The number of nitrogens with zero attached hydrogens (tertiary/aromatic N) is 1. The predicted octanol–water partition coefficient (Wildman–Crippen LogP) is 1.36. The molecule has 0 atom stereocenters.